The molecule has 1 aliphatic carbocycles. The maximum Gasteiger partial charge on any atom is 0.0631 e. The monoisotopic (exact) mass is 288 g/mol. The molecule has 0 aromatic rings. The lowest BCUT2D eigenvalue weighted by Crippen LogP contribution is -2.22. The SMILES string of the molecule is CC1(C)CCC(CC2CCCCC(Br)C2)O1. The molecule has 0 spiro atoms. The van der Waals surface area contributed by atoms with Gasteiger partial charge in [-0.05, 0) is 51.9 Å². The van der Waals surface area contributed by atoms with E-state index in [1.807, 2.05) is 0 Å². The molecule has 3 unspecified atom stereocenters. The molecule has 0 radical (unpaired) electrons. The third-order valence-corrected chi connectivity index (χ3v) is 4.95. The third-order valence-electron chi connectivity index (χ3n) is 4.12. The molecule has 2 rings (SSSR count). The van der Waals surface area contributed by atoms with E-state index in [2.05, 4.69) is 29.8 Å². The summed E-state index contributed by atoms with van der Waals surface area (Å²) in [4.78, 5) is 0.759. The fourth-order valence-electron chi connectivity index (χ4n) is 3.23. The largest absolute Gasteiger partial charge is 0.372 e. The summed E-state index contributed by atoms with van der Waals surface area (Å²) in [6.07, 6.45) is 11.3. The Morgan fingerprint density at radius 3 is 2.62 bits per heavy atom. The predicted molar refractivity (Wildman–Crippen MR) is 72.1 cm³/mol. The molecule has 1 saturated carbocycles. The summed E-state index contributed by atoms with van der Waals surface area (Å²) in [7, 11) is 0. The number of hydrogen-bond acceptors (Lipinski definition) is 1. The first-order valence-electron chi connectivity index (χ1n) is 6.87. The Morgan fingerprint density at radius 2 is 1.94 bits per heavy atom. The van der Waals surface area contributed by atoms with Gasteiger partial charge in [0.2, 0.25) is 0 Å². The van der Waals surface area contributed by atoms with E-state index in [1.54, 1.807) is 0 Å². The summed E-state index contributed by atoms with van der Waals surface area (Å²) in [5.74, 6) is 0.894. The Balaban J connectivity index is 1.80. The molecule has 3 atom stereocenters. The molecule has 0 amide bonds. The van der Waals surface area contributed by atoms with E-state index in [-0.39, 0.29) is 5.60 Å². The van der Waals surface area contributed by atoms with Crippen molar-refractivity contribution in [1.29, 1.82) is 0 Å². The van der Waals surface area contributed by atoms with Gasteiger partial charge in [-0.15, -0.1) is 0 Å². The van der Waals surface area contributed by atoms with Crippen molar-refractivity contribution in [1.82, 2.24) is 0 Å². The van der Waals surface area contributed by atoms with E-state index in [1.165, 1.54) is 51.4 Å². The van der Waals surface area contributed by atoms with Gasteiger partial charge in [-0.25, -0.2) is 0 Å². The van der Waals surface area contributed by atoms with Crippen LogP contribution in [0.2, 0.25) is 0 Å². The average Bonchev–Trinajstić information content (AvgIpc) is 2.41. The Labute approximate surface area is 108 Å². The van der Waals surface area contributed by atoms with Crippen molar-refractivity contribution in [2.75, 3.05) is 0 Å². The lowest BCUT2D eigenvalue weighted by atomic mass is 9.92. The molecule has 0 N–H and O–H groups in total. The Kier molecular flexibility index (Phi) is 4.34. The van der Waals surface area contributed by atoms with Crippen molar-refractivity contribution < 1.29 is 4.74 Å². The predicted octanol–water partition coefficient (Wildman–Crippen LogP) is 4.68. The van der Waals surface area contributed by atoms with Crippen molar-refractivity contribution >= 4 is 15.9 Å². The lowest BCUT2D eigenvalue weighted by Gasteiger charge is -2.23. The molecule has 94 valence electrons. The molecule has 2 heteroatoms. The zero-order valence-electron chi connectivity index (χ0n) is 10.7. The van der Waals surface area contributed by atoms with Gasteiger partial charge in [-0.3, -0.25) is 0 Å². The molecule has 1 nitrogen and oxygen atoms in total. The van der Waals surface area contributed by atoms with Crippen molar-refractivity contribution in [3.63, 3.8) is 0 Å². The van der Waals surface area contributed by atoms with Crippen LogP contribution in [-0.2, 0) is 4.74 Å². The van der Waals surface area contributed by atoms with E-state index in [4.69, 9.17) is 4.74 Å². The third kappa shape index (κ3) is 3.73. The summed E-state index contributed by atoms with van der Waals surface area (Å²) in [6.45, 7) is 4.46. The molecular weight excluding hydrogens is 264 g/mol. The highest BCUT2D eigenvalue weighted by molar-refractivity contribution is 9.09. The highest BCUT2D eigenvalue weighted by atomic mass is 79.9. The summed E-state index contributed by atoms with van der Waals surface area (Å²) in [5.41, 5.74) is 0.142. The Bertz CT molecular complexity index is 227. The number of halogens is 1. The van der Waals surface area contributed by atoms with Gasteiger partial charge >= 0.3 is 0 Å². The Hall–Kier alpha value is 0.440. The molecule has 2 fully saturated rings. The minimum atomic E-state index is 0.142. The van der Waals surface area contributed by atoms with Crippen LogP contribution in [-0.4, -0.2) is 16.5 Å². The van der Waals surface area contributed by atoms with Crippen LogP contribution < -0.4 is 0 Å². The van der Waals surface area contributed by atoms with Crippen LogP contribution in [0, 0.1) is 5.92 Å². The number of ether oxygens (including phenoxy) is 1. The van der Waals surface area contributed by atoms with E-state index in [0.29, 0.717) is 6.10 Å². The maximum atomic E-state index is 6.11. The van der Waals surface area contributed by atoms with E-state index < -0.39 is 0 Å². The van der Waals surface area contributed by atoms with Crippen LogP contribution in [0.15, 0.2) is 0 Å². The Morgan fingerprint density at radius 1 is 1.19 bits per heavy atom. The van der Waals surface area contributed by atoms with Gasteiger partial charge in [0, 0.05) is 4.83 Å². The quantitative estimate of drug-likeness (QED) is 0.530. The molecule has 0 bridgehead atoms. The van der Waals surface area contributed by atoms with Gasteiger partial charge in [-0.2, -0.15) is 0 Å². The molecule has 1 saturated heterocycles. The van der Waals surface area contributed by atoms with Crippen molar-refractivity contribution in [2.45, 2.75) is 81.7 Å². The van der Waals surface area contributed by atoms with Crippen LogP contribution >= 0.6 is 15.9 Å². The standard InChI is InChI=1S/C14H25BrO/c1-14(2)8-7-13(16-14)10-11-5-3-4-6-12(15)9-11/h11-13H,3-10H2,1-2H3. The summed E-state index contributed by atoms with van der Waals surface area (Å²) < 4.78 is 6.11. The first-order valence-corrected chi connectivity index (χ1v) is 7.79. The van der Waals surface area contributed by atoms with Gasteiger partial charge in [0.1, 0.15) is 0 Å². The van der Waals surface area contributed by atoms with Gasteiger partial charge < -0.3 is 4.74 Å². The highest BCUT2D eigenvalue weighted by Gasteiger charge is 2.33. The van der Waals surface area contributed by atoms with Crippen LogP contribution in [0.3, 0.4) is 0 Å². The zero-order valence-corrected chi connectivity index (χ0v) is 12.3. The minimum Gasteiger partial charge on any atom is -0.372 e. The lowest BCUT2D eigenvalue weighted by molar-refractivity contribution is -0.0252. The second kappa shape index (κ2) is 5.39. The first-order chi connectivity index (χ1) is 7.55. The molecule has 0 aromatic carbocycles. The van der Waals surface area contributed by atoms with Gasteiger partial charge in [0.05, 0.1) is 11.7 Å². The summed E-state index contributed by atoms with van der Waals surface area (Å²) in [5, 5.41) is 0. The van der Waals surface area contributed by atoms with Gasteiger partial charge in [0.15, 0.2) is 0 Å². The minimum absolute atomic E-state index is 0.142. The second-order valence-corrected chi connectivity index (χ2v) is 7.55. The highest BCUT2D eigenvalue weighted by Crippen LogP contribution is 2.36. The maximum absolute atomic E-state index is 6.11. The second-order valence-electron chi connectivity index (χ2n) is 6.26. The van der Waals surface area contributed by atoms with Crippen LogP contribution in [0.4, 0.5) is 0 Å². The van der Waals surface area contributed by atoms with Gasteiger partial charge in [0.25, 0.3) is 0 Å². The summed E-state index contributed by atoms with van der Waals surface area (Å²) >= 11 is 3.81. The average molecular weight is 289 g/mol. The van der Waals surface area contributed by atoms with Crippen LogP contribution in [0.25, 0.3) is 0 Å². The topological polar surface area (TPSA) is 9.23 Å². The summed E-state index contributed by atoms with van der Waals surface area (Å²) in [6, 6.07) is 0. The normalized spacial score (nSPS) is 39.6. The van der Waals surface area contributed by atoms with Crippen LogP contribution in [0.5, 0.6) is 0 Å². The molecule has 16 heavy (non-hydrogen) atoms. The molecule has 1 heterocycles. The van der Waals surface area contributed by atoms with Gasteiger partial charge in [-0.1, -0.05) is 35.2 Å². The van der Waals surface area contributed by atoms with E-state index in [0.717, 1.165) is 10.7 Å². The number of alkyl halides is 1. The van der Waals surface area contributed by atoms with Crippen molar-refractivity contribution in [2.24, 2.45) is 5.92 Å². The van der Waals surface area contributed by atoms with E-state index >= 15 is 0 Å². The number of rotatable bonds is 2. The zero-order chi connectivity index (χ0) is 11.6. The first kappa shape index (κ1) is 12.9. The fraction of sp³-hybridized carbons (Fsp3) is 1.00. The smallest absolute Gasteiger partial charge is 0.0631 e. The van der Waals surface area contributed by atoms with E-state index in [9.17, 15) is 0 Å². The molecule has 0 aromatic heterocycles. The molecule has 2 aliphatic rings. The van der Waals surface area contributed by atoms with Crippen molar-refractivity contribution in [3.05, 3.63) is 0 Å². The molecule has 1 aliphatic heterocycles. The van der Waals surface area contributed by atoms with Crippen molar-refractivity contribution in [3.8, 4) is 0 Å². The van der Waals surface area contributed by atoms with Crippen LogP contribution in [0.1, 0.15) is 65.2 Å². The number of hydrogen-bond donors (Lipinski definition) is 0. The molecular formula is C14H25BrO. The fourth-order valence-corrected chi connectivity index (χ4v) is 4.08.